The molecule has 5 nitrogen and oxygen atoms in total. The summed E-state index contributed by atoms with van der Waals surface area (Å²) in [4.78, 5) is 11.5. The van der Waals surface area contributed by atoms with Gasteiger partial charge in [0, 0.05) is 31.7 Å². The standard InChI is InChI=1S/C14H16N2O3/c1-10-8-12(3-2-11(10)9-15)16-14(13(17)18)4-6-19-7-5-14/h2-3,8,16H,4-7H2,1H3,(H,17,18). The van der Waals surface area contributed by atoms with Gasteiger partial charge >= 0.3 is 5.97 Å². The van der Waals surface area contributed by atoms with Crippen molar-refractivity contribution in [3.63, 3.8) is 0 Å². The van der Waals surface area contributed by atoms with Crippen LogP contribution in [0.25, 0.3) is 0 Å². The van der Waals surface area contributed by atoms with Gasteiger partial charge in [-0.25, -0.2) is 4.79 Å². The van der Waals surface area contributed by atoms with Crippen molar-refractivity contribution in [3.8, 4) is 6.07 Å². The van der Waals surface area contributed by atoms with Gasteiger partial charge in [0.15, 0.2) is 0 Å². The van der Waals surface area contributed by atoms with E-state index in [1.54, 1.807) is 18.2 Å². The molecule has 1 aromatic carbocycles. The Hall–Kier alpha value is -2.06. The molecule has 2 rings (SSSR count). The normalized spacial score (nSPS) is 17.5. The van der Waals surface area contributed by atoms with Gasteiger partial charge in [-0.05, 0) is 30.7 Å². The van der Waals surface area contributed by atoms with Crippen LogP contribution in [0.4, 0.5) is 5.69 Å². The Morgan fingerprint density at radius 1 is 1.47 bits per heavy atom. The Balaban J connectivity index is 2.25. The fourth-order valence-electron chi connectivity index (χ4n) is 2.26. The number of nitriles is 1. The van der Waals surface area contributed by atoms with E-state index in [0.717, 1.165) is 11.3 Å². The molecule has 5 heteroatoms. The van der Waals surface area contributed by atoms with E-state index in [-0.39, 0.29) is 0 Å². The zero-order chi connectivity index (χ0) is 13.9. The van der Waals surface area contributed by atoms with Crippen molar-refractivity contribution in [2.75, 3.05) is 18.5 Å². The van der Waals surface area contributed by atoms with Crippen molar-refractivity contribution in [3.05, 3.63) is 29.3 Å². The lowest BCUT2D eigenvalue weighted by Crippen LogP contribution is -2.50. The number of aliphatic carboxylic acids is 1. The molecule has 1 heterocycles. The summed E-state index contributed by atoms with van der Waals surface area (Å²) in [6, 6.07) is 7.34. The molecule has 0 aromatic heterocycles. The molecule has 0 amide bonds. The summed E-state index contributed by atoms with van der Waals surface area (Å²) in [5, 5.41) is 21.4. The molecule has 0 spiro atoms. The third kappa shape index (κ3) is 2.69. The molecule has 0 unspecified atom stereocenters. The third-order valence-corrected chi connectivity index (χ3v) is 3.49. The largest absolute Gasteiger partial charge is 0.480 e. The number of carboxylic acid groups (broad SMARTS) is 1. The first-order chi connectivity index (χ1) is 9.07. The molecule has 1 fully saturated rings. The molecule has 0 bridgehead atoms. The first-order valence-electron chi connectivity index (χ1n) is 6.17. The number of aryl methyl sites for hydroxylation is 1. The number of benzene rings is 1. The van der Waals surface area contributed by atoms with E-state index in [1.165, 1.54) is 0 Å². The van der Waals surface area contributed by atoms with Crippen molar-refractivity contribution in [1.82, 2.24) is 0 Å². The Labute approximate surface area is 111 Å². The predicted octanol–water partition coefficient (Wildman–Crippen LogP) is 1.91. The second-order valence-electron chi connectivity index (χ2n) is 4.77. The number of hydrogen-bond donors (Lipinski definition) is 2. The first-order valence-corrected chi connectivity index (χ1v) is 6.17. The number of ether oxygens (including phenoxy) is 1. The van der Waals surface area contributed by atoms with E-state index in [9.17, 15) is 9.90 Å². The number of carbonyl (C=O) groups is 1. The maximum Gasteiger partial charge on any atom is 0.329 e. The smallest absolute Gasteiger partial charge is 0.329 e. The van der Waals surface area contributed by atoms with Gasteiger partial charge in [0.25, 0.3) is 0 Å². The van der Waals surface area contributed by atoms with Gasteiger partial charge in [-0.1, -0.05) is 0 Å². The average Bonchev–Trinajstić information content (AvgIpc) is 2.40. The molecular formula is C14H16N2O3. The van der Waals surface area contributed by atoms with Gasteiger partial charge in [0.2, 0.25) is 0 Å². The summed E-state index contributed by atoms with van der Waals surface area (Å²) >= 11 is 0. The van der Waals surface area contributed by atoms with Gasteiger partial charge in [-0.15, -0.1) is 0 Å². The molecule has 0 radical (unpaired) electrons. The van der Waals surface area contributed by atoms with E-state index < -0.39 is 11.5 Å². The van der Waals surface area contributed by atoms with Crippen molar-refractivity contribution < 1.29 is 14.6 Å². The lowest BCUT2D eigenvalue weighted by atomic mass is 9.89. The van der Waals surface area contributed by atoms with Crippen LogP contribution in [-0.2, 0) is 9.53 Å². The highest BCUT2D eigenvalue weighted by Gasteiger charge is 2.40. The highest BCUT2D eigenvalue weighted by Crippen LogP contribution is 2.27. The summed E-state index contributed by atoms with van der Waals surface area (Å²) < 4.78 is 5.23. The van der Waals surface area contributed by atoms with Gasteiger partial charge in [0.05, 0.1) is 11.6 Å². The molecule has 100 valence electrons. The van der Waals surface area contributed by atoms with Crippen molar-refractivity contribution in [2.24, 2.45) is 0 Å². The number of rotatable bonds is 3. The van der Waals surface area contributed by atoms with E-state index in [2.05, 4.69) is 11.4 Å². The molecule has 2 N–H and O–H groups in total. The monoisotopic (exact) mass is 260 g/mol. The molecular weight excluding hydrogens is 244 g/mol. The minimum Gasteiger partial charge on any atom is -0.480 e. The zero-order valence-corrected chi connectivity index (χ0v) is 10.8. The molecule has 0 atom stereocenters. The van der Waals surface area contributed by atoms with E-state index >= 15 is 0 Å². The van der Waals surface area contributed by atoms with E-state index in [1.807, 2.05) is 6.92 Å². The Kier molecular flexibility index (Phi) is 3.72. The third-order valence-electron chi connectivity index (χ3n) is 3.49. The Bertz CT molecular complexity index is 528. The van der Waals surface area contributed by atoms with Crippen LogP contribution < -0.4 is 5.32 Å². The van der Waals surface area contributed by atoms with Crippen LogP contribution in [0.3, 0.4) is 0 Å². The van der Waals surface area contributed by atoms with Crippen molar-refractivity contribution in [1.29, 1.82) is 5.26 Å². The van der Waals surface area contributed by atoms with Crippen LogP contribution >= 0.6 is 0 Å². The minimum absolute atomic E-state index is 0.432. The number of nitrogens with one attached hydrogen (secondary N) is 1. The minimum atomic E-state index is -0.973. The summed E-state index contributed by atoms with van der Waals surface area (Å²) in [5.74, 6) is -0.863. The van der Waals surface area contributed by atoms with Crippen LogP contribution in [-0.4, -0.2) is 29.8 Å². The molecule has 1 saturated heterocycles. The summed E-state index contributed by atoms with van der Waals surface area (Å²) in [7, 11) is 0. The quantitative estimate of drug-likeness (QED) is 0.867. The topological polar surface area (TPSA) is 82.3 Å². The van der Waals surface area contributed by atoms with Crippen molar-refractivity contribution >= 4 is 11.7 Å². The molecule has 0 saturated carbocycles. The van der Waals surface area contributed by atoms with Gasteiger partial charge in [0.1, 0.15) is 5.54 Å². The van der Waals surface area contributed by atoms with Crippen LogP contribution in [0.2, 0.25) is 0 Å². The Morgan fingerprint density at radius 2 is 2.16 bits per heavy atom. The van der Waals surface area contributed by atoms with Crippen molar-refractivity contribution in [2.45, 2.75) is 25.3 Å². The average molecular weight is 260 g/mol. The molecule has 1 aliphatic heterocycles. The molecule has 1 aliphatic rings. The fraction of sp³-hybridized carbons (Fsp3) is 0.429. The zero-order valence-electron chi connectivity index (χ0n) is 10.8. The van der Waals surface area contributed by atoms with Gasteiger partial charge in [-0.3, -0.25) is 0 Å². The fourth-order valence-corrected chi connectivity index (χ4v) is 2.26. The number of hydrogen-bond acceptors (Lipinski definition) is 4. The van der Waals surface area contributed by atoms with Gasteiger partial charge < -0.3 is 15.2 Å². The van der Waals surface area contributed by atoms with Crippen LogP contribution in [0.5, 0.6) is 0 Å². The van der Waals surface area contributed by atoms with Crippen LogP contribution in [0.15, 0.2) is 18.2 Å². The van der Waals surface area contributed by atoms with Crippen LogP contribution in [0.1, 0.15) is 24.0 Å². The maximum atomic E-state index is 11.5. The first kappa shape index (κ1) is 13.4. The SMILES string of the molecule is Cc1cc(NC2(C(=O)O)CCOCC2)ccc1C#N. The van der Waals surface area contributed by atoms with Gasteiger partial charge in [-0.2, -0.15) is 5.26 Å². The number of anilines is 1. The predicted molar refractivity (Wildman–Crippen MR) is 69.9 cm³/mol. The molecule has 1 aromatic rings. The maximum absolute atomic E-state index is 11.5. The molecule has 19 heavy (non-hydrogen) atoms. The summed E-state index contributed by atoms with van der Waals surface area (Å²) in [6.07, 6.45) is 0.864. The van der Waals surface area contributed by atoms with E-state index in [0.29, 0.717) is 31.6 Å². The lowest BCUT2D eigenvalue weighted by Gasteiger charge is -2.34. The second-order valence-corrected chi connectivity index (χ2v) is 4.77. The van der Waals surface area contributed by atoms with E-state index in [4.69, 9.17) is 10.00 Å². The lowest BCUT2D eigenvalue weighted by molar-refractivity contribution is -0.145. The number of nitrogens with zero attached hydrogens (tertiary/aromatic N) is 1. The Morgan fingerprint density at radius 3 is 2.68 bits per heavy atom. The number of carboxylic acids is 1. The van der Waals surface area contributed by atoms with Crippen LogP contribution in [0, 0.1) is 18.3 Å². The highest BCUT2D eigenvalue weighted by atomic mass is 16.5. The molecule has 0 aliphatic carbocycles. The summed E-state index contributed by atoms with van der Waals surface area (Å²) in [5.41, 5.74) is 1.18. The second kappa shape index (κ2) is 5.29. The highest BCUT2D eigenvalue weighted by molar-refractivity contribution is 5.83. The summed E-state index contributed by atoms with van der Waals surface area (Å²) in [6.45, 7) is 2.71.